The zero-order valence-corrected chi connectivity index (χ0v) is 26.2. The Labute approximate surface area is 245 Å². The second-order valence-corrected chi connectivity index (χ2v) is 14.4. The minimum atomic E-state index is -0.880. The topological polar surface area (TPSA) is 119 Å². The molecule has 0 aromatic carbocycles. The van der Waals surface area contributed by atoms with E-state index in [-0.39, 0.29) is 35.1 Å². The van der Waals surface area contributed by atoms with E-state index in [0.717, 1.165) is 31.3 Å². The second kappa shape index (κ2) is 12.0. The summed E-state index contributed by atoms with van der Waals surface area (Å²) in [5.74, 6) is -0.874. The summed E-state index contributed by atoms with van der Waals surface area (Å²) in [5, 5.41) is 22.2. The lowest BCUT2D eigenvalue weighted by atomic mass is 9.45. The van der Waals surface area contributed by atoms with Gasteiger partial charge in [0, 0.05) is 32.6 Å². The van der Waals surface area contributed by atoms with E-state index in [4.69, 9.17) is 14.2 Å². The highest BCUT2D eigenvalue weighted by molar-refractivity contribution is 5.67. The summed E-state index contributed by atoms with van der Waals surface area (Å²) in [5.41, 5.74) is 0.388. The lowest BCUT2D eigenvalue weighted by Crippen LogP contribution is -2.64. The highest BCUT2D eigenvalue weighted by Crippen LogP contribution is 2.68. The van der Waals surface area contributed by atoms with E-state index >= 15 is 0 Å². The molecule has 3 saturated carbocycles. The minimum absolute atomic E-state index is 0.0910. The van der Waals surface area contributed by atoms with Crippen molar-refractivity contribution in [1.82, 2.24) is 0 Å². The fraction of sp³-hybridized carbons (Fsp3) is 0.848. The molecular weight excluding hydrogens is 524 g/mol. The Morgan fingerprint density at radius 1 is 0.927 bits per heavy atom. The third kappa shape index (κ3) is 5.97. The van der Waals surface area contributed by atoms with Crippen LogP contribution in [0.3, 0.4) is 0 Å². The molecule has 0 amide bonds. The molecule has 0 heterocycles. The molecule has 0 bridgehead atoms. The van der Waals surface area contributed by atoms with Gasteiger partial charge in [0.05, 0.1) is 12.2 Å². The van der Waals surface area contributed by atoms with Gasteiger partial charge >= 0.3 is 17.9 Å². The Kier molecular flexibility index (Phi) is 9.35. The molecule has 8 nitrogen and oxygen atoms in total. The fourth-order valence-electron chi connectivity index (χ4n) is 9.60. The van der Waals surface area contributed by atoms with Crippen LogP contribution in [-0.2, 0) is 28.6 Å². The van der Waals surface area contributed by atoms with Gasteiger partial charge in [-0.25, -0.2) is 0 Å². The van der Waals surface area contributed by atoms with E-state index in [2.05, 4.69) is 34.6 Å². The van der Waals surface area contributed by atoms with Crippen molar-refractivity contribution < 1.29 is 38.8 Å². The Morgan fingerprint density at radius 3 is 2.15 bits per heavy atom. The largest absolute Gasteiger partial charge is 0.462 e. The molecule has 41 heavy (non-hydrogen) atoms. The molecule has 232 valence electrons. The van der Waals surface area contributed by atoms with Crippen LogP contribution in [-0.4, -0.2) is 58.6 Å². The van der Waals surface area contributed by atoms with Crippen LogP contribution in [0, 0.1) is 46.3 Å². The van der Waals surface area contributed by atoms with E-state index in [1.807, 2.05) is 6.08 Å². The summed E-state index contributed by atoms with van der Waals surface area (Å²) < 4.78 is 17.8. The number of fused-ring (bicyclic) bond motifs is 5. The van der Waals surface area contributed by atoms with Gasteiger partial charge in [0.25, 0.3) is 0 Å². The van der Waals surface area contributed by atoms with Crippen LogP contribution in [0.1, 0.15) is 100 Å². The van der Waals surface area contributed by atoms with Crippen molar-refractivity contribution in [1.29, 1.82) is 0 Å². The molecule has 0 radical (unpaired) electrons. The van der Waals surface area contributed by atoms with Crippen LogP contribution >= 0.6 is 0 Å². The number of esters is 3. The number of carbonyl (C=O) groups excluding carboxylic acids is 3. The smallest absolute Gasteiger partial charge is 0.303 e. The van der Waals surface area contributed by atoms with E-state index in [9.17, 15) is 24.6 Å². The molecule has 8 unspecified atom stereocenters. The van der Waals surface area contributed by atoms with Crippen LogP contribution in [0.15, 0.2) is 11.6 Å². The van der Waals surface area contributed by atoms with Crippen LogP contribution in [0.2, 0.25) is 0 Å². The Morgan fingerprint density at radius 2 is 1.56 bits per heavy atom. The normalized spacial score (nSPS) is 41.3. The summed E-state index contributed by atoms with van der Waals surface area (Å²) in [6.45, 7) is 15.1. The van der Waals surface area contributed by atoms with Gasteiger partial charge in [0.15, 0.2) is 0 Å². The van der Waals surface area contributed by atoms with Crippen molar-refractivity contribution in [2.75, 3.05) is 0 Å². The number of rotatable bonds is 8. The summed E-state index contributed by atoms with van der Waals surface area (Å²) in [6.07, 6.45) is 4.18. The maximum Gasteiger partial charge on any atom is 0.303 e. The third-order valence-electron chi connectivity index (χ3n) is 11.3. The van der Waals surface area contributed by atoms with E-state index in [0.29, 0.717) is 25.2 Å². The minimum Gasteiger partial charge on any atom is -0.462 e. The molecular formula is C33H52O8. The van der Waals surface area contributed by atoms with Gasteiger partial charge in [0.2, 0.25) is 0 Å². The van der Waals surface area contributed by atoms with Crippen molar-refractivity contribution in [3.63, 3.8) is 0 Å². The Hall–Kier alpha value is -1.93. The van der Waals surface area contributed by atoms with Crippen molar-refractivity contribution in [3.8, 4) is 0 Å². The molecule has 0 saturated heterocycles. The average Bonchev–Trinajstić information content (AvgIpc) is 3.19. The summed E-state index contributed by atoms with van der Waals surface area (Å²) in [6, 6.07) is 0. The highest BCUT2D eigenvalue weighted by Gasteiger charge is 2.66. The van der Waals surface area contributed by atoms with Crippen LogP contribution in [0.5, 0.6) is 0 Å². The predicted molar refractivity (Wildman–Crippen MR) is 153 cm³/mol. The van der Waals surface area contributed by atoms with Crippen LogP contribution in [0.4, 0.5) is 0 Å². The summed E-state index contributed by atoms with van der Waals surface area (Å²) in [4.78, 5) is 37.0. The van der Waals surface area contributed by atoms with Crippen molar-refractivity contribution in [3.05, 3.63) is 11.6 Å². The number of aliphatic hydroxyl groups is 2. The molecule has 0 spiro atoms. The van der Waals surface area contributed by atoms with E-state index in [1.165, 1.54) is 20.8 Å². The SMILES string of the molecule is CC(=O)OC1C=C2C3CCC(C(C)C(O)CCC(C)C)[C@@]3(C)CC(OC(C)=O)C2[C@@]2(C)CC[C@H](O)[C@H](OC(C)=O)C12. The molecule has 8 heteroatoms. The van der Waals surface area contributed by atoms with Gasteiger partial charge in [-0.05, 0) is 85.5 Å². The molecule has 2 N–H and O–H groups in total. The fourth-order valence-corrected chi connectivity index (χ4v) is 9.60. The lowest BCUT2D eigenvalue weighted by molar-refractivity contribution is -0.206. The van der Waals surface area contributed by atoms with Crippen molar-refractivity contribution in [2.24, 2.45) is 46.3 Å². The third-order valence-corrected chi connectivity index (χ3v) is 11.3. The van der Waals surface area contributed by atoms with Crippen molar-refractivity contribution >= 4 is 17.9 Å². The molecule has 3 fully saturated rings. The van der Waals surface area contributed by atoms with Crippen LogP contribution < -0.4 is 0 Å². The molecule has 4 aliphatic rings. The first-order chi connectivity index (χ1) is 19.1. The van der Waals surface area contributed by atoms with Crippen LogP contribution in [0.25, 0.3) is 0 Å². The zero-order valence-electron chi connectivity index (χ0n) is 26.2. The monoisotopic (exact) mass is 576 g/mol. The predicted octanol–water partition coefficient (Wildman–Crippen LogP) is 4.98. The lowest BCUT2D eigenvalue weighted by Gasteiger charge is -2.61. The van der Waals surface area contributed by atoms with Crippen molar-refractivity contribution in [2.45, 2.75) is 131 Å². The quantitative estimate of drug-likeness (QED) is 0.236. The Bertz CT molecular complexity index is 1040. The average molecular weight is 577 g/mol. The van der Waals surface area contributed by atoms with Gasteiger partial charge in [-0.3, -0.25) is 14.4 Å². The molecule has 4 aliphatic carbocycles. The van der Waals surface area contributed by atoms with E-state index in [1.54, 1.807) is 0 Å². The number of aliphatic hydroxyl groups excluding tert-OH is 2. The number of carbonyl (C=O) groups is 3. The highest BCUT2D eigenvalue weighted by atomic mass is 16.6. The van der Waals surface area contributed by atoms with Gasteiger partial charge < -0.3 is 24.4 Å². The zero-order chi connectivity index (χ0) is 30.4. The Balaban J connectivity index is 1.80. The first-order valence-electron chi connectivity index (χ1n) is 15.7. The molecule has 0 aliphatic heterocycles. The number of hydrogen-bond acceptors (Lipinski definition) is 8. The van der Waals surface area contributed by atoms with E-state index < -0.39 is 53.8 Å². The first-order valence-corrected chi connectivity index (χ1v) is 15.7. The maximum absolute atomic E-state index is 12.5. The summed E-state index contributed by atoms with van der Waals surface area (Å²) >= 11 is 0. The van der Waals surface area contributed by atoms with Gasteiger partial charge in [0.1, 0.15) is 18.3 Å². The number of ether oxygens (including phenoxy) is 3. The molecule has 12 atom stereocenters. The van der Waals surface area contributed by atoms with Gasteiger partial charge in [-0.15, -0.1) is 0 Å². The van der Waals surface area contributed by atoms with Gasteiger partial charge in [-0.1, -0.05) is 40.2 Å². The maximum atomic E-state index is 12.5. The molecule has 0 aromatic heterocycles. The second-order valence-electron chi connectivity index (χ2n) is 14.4. The molecule has 4 rings (SSSR count). The summed E-state index contributed by atoms with van der Waals surface area (Å²) in [7, 11) is 0. The molecule has 0 aromatic rings. The number of hydrogen-bond donors (Lipinski definition) is 2. The van der Waals surface area contributed by atoms with Gasteiger partial charge in [-0.2, -0.15) is 0 Å². The first kappa shape index (κ1) is 32.0. The standard InChI is InChI=1S/C33H52O8/c1-17(2)9-12-25(37)18(3)23-10-11-24-22-15-27(39-19(4)34)30-31(41-21(6)36)26(38)13-14-32(30,7)29(22)28(40-20(5)35)16-33(23,24)8/h15,17-18,23-31,37-38H,9-14,16H2,1-8H3/t18?,23?,24?,25?,26-,27?,28?,29?,30?,31-,32+,33+/m0/s1.